The molecule has 0 fully saturated rings. The lowest BCUT2D eigenvalue weighted by atomic mass is 10.1. The van der Waals surface area contributed by atoms with Crippen LogP contribution < -0.4 is 15.4 Å². The van der Waals surface area contributed by atoms with Gasteiger partial charge in [0.1, 0.15) is 11.8 Å². The van der Waals surface area contributed by atoms with Crippen LogP contribution in [0.1, 0.15) is 21.5 Å². The van der Waals surface area contributed by atoms with E-state index in [1.54, 1.807) is 41.8 Å². The number of benzene rings is 1. The summed E-state index contributed by atoms with van der Waals surface area (Å²) >= 11 is 0. The SMILES string of the molecule is COc1ccc2c(c1)C(=O)N(C[C@@H](C#Cc1cncc(-c3cn[nH]c3)c1)NC(=O)NC=O)C2. The van der Waals surface area contributed by atoms with Crippen molar-refractivity contribution in [2.75, 3.05) is 13.7 Å². The van der Waals surface area contributed by atoms with E-state index in [1.807, 2.05) is 17.4 Å². The molecule has 4 rings (SSSR count). The van der Waals surface area contributed by atoms with Crippen LogP contribution in [0.5, 0.6) is 5.75 Å². The number of rotatable bonds is 6. The van der Waals surface area contributed by atoms with Gasteiger partial charge in [0, 0.05) is 47.4 Å². The number of amides is 4. The van der Waals surface area contributed by atoms with Gasteiger partial charge in [0.15, 0.2) is 0 Å². The fourth-order valence-corrected chi connectivity index (χ4v) is 3.46. The lowest BCUT2D eigenvalue weighted by molar-refractivity contribution is -0.108. The van der Waals surface area contributed by atoms with Crippen LogP contribution in [0.25, 0.3) is 11.1 Å². The first-order valence-electron chi connectivity index (χ1n) is 10.00. The molecule has 0 radical (unpaired) electrons. The molecule has 10 nitrogen and oxygen atoms in total. The minimum atomic E-state index is -0.734. The number of H-pyrrole nitrogens is 1. The maximum absolute atomic E-state index is 12.9. The largest absolute Gasteiger partial charge is 0.497 e. The van der Waals surface area contributed by atoms with Gasteiger partial charge in [-0.15, -0.1) is 0 Å². The molecule has 1 aliphatic rings. The highest BCUT2D eigenvalue weighted by Crippen LogP contribution is 2.26. The predicted octanol–water partition coefficient (Wildman–Crippen LogP) is 1.31. The number of aromatic nitrogens is 3. The average molecular weight is 444 g/mol. The highest BCUT2D eigenvalue weighted by molar-refractivity contribution is 5.98. The Balaban J connectivity index is 1.54. The van der Waals surface area contributed by atoms with Crippen molar-refractivity contribution >= 4 is 18.3 Å². The van der Waals surface area contributed by atoms with Crippen LogP contribution in [0.3, 0.4) is 0 Å². The van der Waals surface area contributed by atoms with Crippen LogP contribution in [0.2, 0.25) is 0 Å². The number of hydrogen-bond acceptors (Lipinski definition) is 6. The molecule has 0 spiro atoms. The molecule has 3 heterocycles. The van der Waals surface area contributed by atoms with Crippen molar-refractivity contribution in [3.05, 3.63) is 65.7 Å². The summed E-state index contributed by atoms with van der Waals surface area (Å²) in [4.78, 5) is 41.3. The summed E-state index contributed by atoms with van der Waals surface area (Å²) in [5.74, 6) is 6.37. The monoisotopic (exact) mass is 444 g/mol. The van der Waals surface area contributed by atoms with Crippen LogP contribution >= 0.6 is 0 Å². The van der Waals surface area contributed by atoms with Crippen molar-refractivity contribution in [1.82, 2.24) is 30.7 Å². The second-order valence-corrected chi connectivity index (χ2v) is 7.22. The highest BCUT2D eigenvalue weighted by Gasteiger charge is 2.29. The Kier molecular flexibility index (Phi) is 6.31. The zero-order valence-corrected chi connectivity index (χ0v) is 17.7. The molecular formula is C23H20N6O4. The maximum Gasteiger partial charge on any atom is 0.322 e. The number of nitrogens with zero attached hydrogens (tertiary/aromatic N) is 3. The van der Waals surface area contributed by atoms with E-state index >= 15 is 0 Å². The van der Waals surface area contributed by atoms with Gasteiger partial charge in [-0.25, -0.2) is 4.79 Å². The number of nitrogens with one attached hydrogen (secondary N) is 3. The number of carbonyl (C=O) groups excluding carboxylic acids is 3. The van der Waals surface area contributed by atoms with E-state index in [9.17, 15) is 14.4 Å². The first kappa shape index (κ1) is 21.6. The summed E-state index contributed by atoms with van der Waals surface area (Å²) in [7, 11) is 1.54. The van der Waals surface area contributed by atoms with Gasteiger partial charge >= 0.3 is 6.03 Å². The van der Waals surface area contributed by atoms with Crippen molar-refractivity contribution in [1.29, 1.82) is 0 Å². The predicted molar refractivity (Wildman–Crippen MR) is 118 cm³/mol. The molecule has 0 aliphatic carbocycles. The van der Waals surface area contributed by atoms with E-state index in [-0.39, 0.29) is 18.9 Å². The Morgan fingerprint density at radius 2 is 2.18 bits per heavy atom. The van der Waals surface area contributed by atoms with Crippen molar-refractivity contribution in [2.24, 2.45) is 0 Å². The van der Waals surface area contributed by atoms with Gasteiger partial charge < -0.3 is 15.0 Å². The van der Waals surface area contributed by atoms with Gasteiger partial charge in [-0.2, -0.15) is 5.10 Å². The molecule has 166 valence electrons. The smallest absolute Gasteiger partial charge is 0.322 e. The van der Waals surface area contributed by atoms with Crippen LogP contribution in [0.15, 0.2) is 49.1 Å². The minimum Gasteiger partial charge on any atom is -0.497 e. The van der Waals surface area contributed by atoms with Gasteiger partial charge in [-0.1, -0.05) is 17.9 Å². The zero-order valence-electron chi connectivity index (χ0n) is 17.7. The third-order valence-corrected chi connectivity index (χ3v) is 5.05. The van der Waals surface area contributed by atoms with Gasteiger partial charge in [0.25, 0.3) is 5.91 Å². The molecule has 4 amide bonds. The summed E-state index contributed by atoms with van der Waals surface area (Å²) in [6.45, 7) is 0.509. The van der Waals surface area contributed by atoms with Gasteiger partial charge in [-0.3, -0.25) is 25.0 Å². The third-order valence-electron chi connectivity index (χ3n) is 5.05. The van der Waals surface area contributed by atoms with E-state index in [1.165, 1.54) is 7.11 Å². The topological polar surface area (TPSA) is 129 Å². The fraction of sp³-hybridized carbons (Fsp3) is 0.174. The number of methoxy groups -OCH3 is 1. The van der Waals surface area contributed by atoms with E-state index in [4.69, 9.17) is 4.74 Å². The molecule has 0 unspecified atom stereocenters. The fourth-order valence-electron chi connectivity index (χ4n) is 3.46. The molecular weight excluding hydrogens is 424 g/mol. The molecule has 10 heteroatoms. The number of hydrogen-bond donors (Lipinski definition) is 3. The molecule has 0 bridgehead atoms. The van der Waals surface area contributed by atoms with E-state index < -0.39 is 12.1 Å². The Morgan fingerprint density at radius 1 is 1.30 bits per heavy atom. The molecule has 1 atom stereocenters. The summed E-state index contributed by atoms with van der Waals surface area (Å²) in [5.41, 5.74) is 3.73. The zero-order chi connectivity index (χ0) is 23.2. The number of carbonyl (C=O) groups is 3. The number of urea groups is 1. The maximum atomic E-state index is 12.9. The first-order chi connectivity index (χ1) is 16.1. The lowest BCUT2D eigenvalue weighted by Crippen LogP contribution is -2.46. The first-order valence-corrected chi connectivity index (χ1v) is 10.00. The number of fused-ring (bicyclic) bond motifs is 1. The third kappa shape index (κ3) is 4.99. The number of pyridine rings is 1. The molecule has 3 N–H and O–H groups in total. The summed E-state index contributed by atoms with van der Waals surface area (Å²) < 4.78 is 5.20. The van der Waals surface area contributed by atoms with Gasteiger partial charge in [0.05, 0.1) is 19.9 Å². The van der Waals surface area contributed by atoms with Gasteiger partial charge in [-0.05, 0) is 23.8 Å². The molecule has 0 saturated carbocycles. The molecule has 1 aromatic carbocycles. The van der Waals surface area contributed by atoms with Crippen molar-refractivity contribution in [3.8, 4) is 28.7 Å². The summed E-state index contributed by atoms with van der Waals surface area (Å²) in [5, 5.41) is 11.3. The van der Waals surface area contributed by atoms with Crippen molar-refractivity contribution in [3.63, 3.8) is 0 Å². The Hall–Kier alpha value is -4.65. The van der Waals surface area contributed by atoms with Crippen LogP contribution in [-0.4, -0.2) is 58.1 Å². The molecule has 1 aliphatic heterocycles. The van der Waals surface area contributed by atoms with Crippen molar-refractivity contribution < 1.29 is 19.1 Å². The Labute approximate surface area is 189 Å². The average Bonchev–Trinajstić information content (AvgIpc) is 3.46. The molecule has 0 saturated heterocycles. The molecule has 3 aromatic rings. The van der Waals surface area contributed by atoms with Crippen LogP contribution in [0.4, 0.5) is 4.79 Å². The number of ether oxygens (including phenoxy) is 1. The highest BCUT2D eigenvalue weighted by atomic mass is 16.5. The van der Waals surface area contributed by atoms with E-state index in [2.05, 4.69) is 32.3 Å². The molecule has 33 heavy (non-hydrogen) atoms. The number of imide groups is 1. The van der Waals surface area contributed by atoms with Gasteiger partial charge in [0.2, 0.25) is 6.41 Å². The quantitative estimate of drug-likeness (QED) is 0.388. The van der Waals surface area contributed by atoms with E-state index in [0.717, 1.165) is 16.7 Å². The normalized spacial score (nSPS) is 12.9. The summed E-state index contributed by atoms with van der Waals surface area (Å²) in [6.07, 6.45) is 6.99. The van der Waals surface area contributed by atoms with E-state index in [0.29, 0.717) is 23.4 Å². The van der Waals surface area contributed by atoms with Crippen LogP contribution in [-0.2, 0) is 11.3 Å². The summed E-state index contributed by atoms with van der Waals surface area (Å²) in [6, 6.07) is 5.73. The Morgan fingerprint density at radius 3 is 2.94 bits per heavy atom. The van der Waals surface area contributed by atoms with Crippen molar-refractivity contribution in [2.45, 2.75) is 12.6 Å². The lowest BCUT2D eigenvalue weighted by Gasteiger charge is -2.21. The minimum absolute atomic E-state index is 0.129. The number of aromatic amines is 1. The molecule has 2 aromatic heterocycles. The second-order valence-electron chi connectivity index (χ2n) is 7.22. The Bertz CT molecular complexity index is 1250. The standard InChI is InChI=1S/C23H20N6O4/c1-33-20-5-3-16-12-29(22(31)21(16)7-20)13-19(28-23(32)25-14-30)4-2-15-6-17(9-24-8-15)18-10-26-27-11-18/h3,5-11,14,19H,12-13H2,1H3,(H,26,27)(H2,25,28,30,32)/t19-/m1/s1. The second kappa shape index (κ2) is 9.65. The van der Waals surface area contributed by atoms with Crippen LogP contribution in [0, 0.1) is 11.8 Å².